The predicted molar refractivity (Wildman–Crippen MR) is 101 cm³/mol. The van der Waals surface area contributed by atoms with Gasteiger partial charge in [0.25, 0.3) is 5.91 Å². The molecule has 7 nitrogen and oxygen atoms in total. The molecule has 0 fully saturated rings. The molecule has 1 amide bonds. The second-order valence-electron chi connectivity index (χ2n) is 5.85. The molecule has 0 unspecified atom stereocenters. The molecule has 3 aromatic rings. The van der Waals surface area contributed by atoms with Crippen molar-refractivity contribution in [1.29, 1.82) is 0 Å². The van der Waals surface area contributed by atoms with Crippen LogP contribution in [0.5, 0.6) is 0 Å². The Morgan fingerprint density at radius 3 is 2.74 bits per heavy atom. The number of anilines is 1. The number of carbonyl (C=O) groups excluding carboxylic acids is 2. The van der Waals surface area contributed by atoms with Crippen molar-refractivity contribution < 1.29 is 14.3 Å². The Hall–Kier alpha value is -3.19. The van der Waals surface area contributed by atoms with E-state index < -0.39 is 18.5 Å². The molecule has 0 aliphatic heterocycles. The first-order valence-corrected chi connectivity index (χ1v) is 8.52. The molecule has 0 radical (unpaired) electrons. The topological polar surface area (TPSA) is 86.1 Å². The number of esters is 1. The Bertz CT molecular complexity index is 986. The molecule has 0 saturated heterocycles. The van der Waals surface area contributed by atoms with Crippen LogP contribution < -0.4 is 5.32 Å². The predicted octanol–water partition coefficient (Wildman–Crippen LogP) is 3.33. The quantitative estimate of drug-likeness (QED) is 0.682. The van der Waals surface area contributed by atoms with Gasteiger partial charge in [-0.05, 0) is 43.7 Å². The summed E-state index contributed by atoms with van der Waals surface area (Å²) in [4.78, 5) is 28.5. The fourth-order valence-electron chi connectivity index (χ4n) is 2.44. The molecule has 0 aliphatic carbocycles. The van der Waals surface area contributed by atoms with E-state index >= 15 is 0 Å². The van der Waals surface area contributed by atoms with Gasteiger partial charge < -0.3 is 10.1 Å². The number of nitrogens with zero attached hydrogens (tertiary/aromatic N) is 3. The zero-order valence-corrected chi connectivity index (χ0v) is 15.5. The molecule has 8 heteroatoms. The van der Waals surface area contributed by atoms with E-state index in [1.54, 1.807) is 37.4 Å². The highest BCUT2D eigenvalue weighted by Gasteiger charge is 2.18. The number of pyridine rings is 1. The van der Waals surface area contributed by atoms with E-state index in [4.69, 9.17) is 16.3 Å². The van der Waals surface area contributed by atoms with Gasteiger partial charge in [-0.1, -0.05) is 23.7 Å². The highest BCUT2D eigenvalue weighted by molar-refractivity contribution is 6.33. The maximum atomic E-state index is 12.3. The van der Waals surface area contributed by atoms with Crippen molar-refractivity contribution in [2.75, 3.05) is 11.9 Å². The lowest BCUT2D eigenvalue weighted by Crippen LogP contribution is -2.21. The first kappa shape index (κ1) is 18.6. The number of aryl methyl sites for hydroxylation is 1. The summed E-state index contributed by atoms with van der Waals surface area (Å²) in [7, 11) is 0. The van der Waals surface area contributed by atoms with E-state index in [-0.39, 0.29) is 5.56 Å². The number of nitrogens with one attached hydrogen (secondary N) is 1. The molecule has 138 valence electrons. The third-order valence-electron chi connectivity index (χ3n) is 3.83. The molecule has 2 heterocycles. The normalized spacial score (nSPS) is 10.5. The molecule has 1 N–H and O–H groups in total. The van der Waals surface area contributed by atoms with Crippen molar-refractivity contribution in [3.8, 4) is 5.82 Å². The first-order valence-electron chi connectivity index (χ1n) is 8.15. The van der Waals surface area contributed by atoms with Crippen LogP contribution in [-0.4, -0.2) is 33.2 Å². The van der Waals surface area contributed by atoms with Crippen molar-refractivity contribution in [3.63, 3.8) is 0 Å². The maximum absolute atomic E-state index is 12.3. The van der Waals surface area contributed by atoms with Crippen LogP contribution in [0.3, 0.4) is 0 Å². The number of rotatable bonds is 5. The smallest absolute Gasteiger partial charge is 0.342 e. The molecule has 1 aromatic carbocycles. The lowest BCUT2D eigenvalue weighted by molar-refractivity contribution is -0.119. The van der Waals surface area contributed by atoms with Crippen LogP contribution in [0.1, 0.15) is 21.6 Å². The van der Waals surface area contributed by atoms with Crippen LogP contribution in [0.15, 0.2) is 48.8 Å². The molecular weight excluding hydrogens is 368 g/mol. The largest absolute Gasteiger partial charge is 0.452 e. The van der Waals surface area contributed by atoms with Gasteiger partial charge in [0.15, 0.2) is 12.4 Å². The summed E-state index contributed by atoms with van der Waals surface area (Å²) in [5.41, 5.74) is 2.27. The van der Waals surface area contributed by atoms with E-state index in [0.717, 1.165) is 5.56 Å². The number of hydrogen-bond acceptors (Lipinski definition) is 5. The summed E-state index contributed by atoms with van der Waals surface area (Å²) in [5, 5.41) is 7.19. The summed E-state index contributed by atoms with van der Waals surface area (Å²) in [5.74, 6) is -0.537. The molecule has 0 aliphatic rings. The van der Waals surface area contributed by atoms with Crippen molar-refractivity contribution >= 4 is 29.2 Å². The second kappa shape index (κ2) is 8.01. The van der Waals surface area contributed by atoms with Crippen LogP contribution in [0, 0.1) is 13.8 Å². The highest BCUT2D eigenvalue weighted by atomic mass is 35.5. The highest BCUT2D eigenvalue weighted by Crippen LogP contribution is 2.22. The van der Waals surface area contributed by atoms with Gasteiger partial charge >= 0.3 is 5.97 Å². The zero-order valence-electron chi connectivity index (χ0n) is 14.8. The van der Waals surface area contributed by atoms with Gasteiger partial charge in [-0.2, -0.15) is 5.10 Å². The minimum Gasteiger partial charge on any atom is -0.452 e. The molecule has 2 aromatic heterocycles. The fraction of sp³-hybridized carbons (Fsp3) is 0.158. The number of hydrogen-bond donors (Lipinski definition) is 1. The number of ether oxygens (including phenoxy) is 1. The number of benzene rings is 1. The van der Waals surface area contributed by atoms with Crippen molar-refractivity contribution in [3.05, 3.63) is 70.6 Å². The van der Waals surface area contributed by atoms with Gasteiger partial charge in [0.2, 0.25) is 0 Å². The summed E-state index contributed by atoms with van der Waals surface area (Å²) in [6.45, 7) is 3.19. The monoisotopic (exact) mass is 384 g/mol. The lowest BCUT2D eigenvalue weighted by Gasteiger charge is -2.08. The summed E-state index contributed by atoms with van der Waals surface area (Å²) in [6.07, 6.45) is 3.02. The van der Waals surface area contributed by atoms with E-state index in [1.165, 1.54) is 10.9 Å². The lowest BCUT2D eigenvalue weighted by atomic mass is 10.2. The first-order chi connectivity index (χ1) is 13.0. The van der Waals surface area contributed by atoms with Crippen LogP contribution in [0.4, 0.5) is 5.69 Å². The van der Waals surface area contributed by atoms with Gasteiger partial charge in [0.1, 0.15) is 5.56 Å². The Morgan fingerprint density at radius 2 is 2.04 bits per heavy atom. The minimum absolute atomic E-state index is 0.266. The molecule has 0 spiro atoms. The second-order valence-corrected chi connectivity index (χ2v) is 6.26. The van der Waals surface area contributed by atoms with Crippen LogP contribution in [0.25, 0.3) is 5.82 Å². The molecular formula is C19H17ClN4O3. The van der Waals surface area contributed by atoms with Crippen LogP contribution >= 0.6 is 11.6 Å². The van der Waals surface area contributed by atoms with Crippen molar-refractivity contribution in [2.24, 2.45) is 0 Å². The Labute approximate surface area is 160 Å². The molecule has 0 bridgehead atoms. The standard InChI is InChI=1S/C19H17ClN4O3/c1-12-6-7-16(15(20)9-12)23-18(25)11-27-19(26)14-10-22-24(13(14)2)17-5-3-4-8-21-17/h3-10H,11H2,1-2H3,(H,23,25). The Kier molecular flexibility index (Phi) is 5.52. The van der Waals surface area contributed by atoms with E-state index in [9.17, 15) is 9.59 Å². The average molecular weight is 385 g/mol. The average Bonchev–Trinajstić information content (AvgIpc) is 3.04. The Balaban J connectivity index is 1.63. The van der Waals surface area contributed by atoms with Gasteiger partial charge in [0, 0.05) is 6.20 Å². The van der Waals surface area contributed by atoms with Crippen molar-refractivity contribution in [2.45, 2.75) is 13.8 Å². The van der Waals surface area contributed by atoms with Gasteiger partial charge in [-0.15, -0.1) is 0 Å². The molecule has 3 rings (SSSR count). The Morgan fingerprint density at radius 1 is 1.22 bits per heavy atom. The minimum atomic E-state index is -0.639. The molecule has 27 heavy (non-hydrogen) atoms. The third kappa shape index (κ3) is 4.32. The van der Waals surface area contributed by atoms with Gasteiger partial charge in [-0.25, -0.2) is 14.5 Å². The number of halogens is 1. The molecule has 0 atom stereocenters. The third-order valence-corrected chi connectivity index (χ3v) is 4.14. The van der Waals surface area contributed by atoms with E-state index in [0.29, 0.717) is 22.2 Å². The van der Waals surface area contributed by atoms with Crippen molar-refractivity contribution in [1.82, 2.24) is 14.8 Å². The van der Waals surface area contributed by atoms with Crippen LogP contribution in [0.2, 0.25) is 5.02 Å². The number of carbonyl (C=O) groups is 2. The molecule has 0 saturated carbocycles. The maximum Gasteiger partial charge on any atom is 0.342 e. The SMILES string of the molecule is Cc1ccc(NC(=O)COC(=O)c2cnn(-c3ccccn3)c2C)c(Cl)c1. The number of amides is 1. The zero-order chi connectivity index (χ0) is 19.4. The summed E-state index contributed by atoms with van der Waals surface area (Å²) >= 11 is 6.07. The van der Waals surface area contributed by atoms with E-state index in [1.807, 2.05) is 19.1 Å². The van der Waals surface area contributed by atoms with Gasteiger partial charge in [-0.3, -0.25) is 4.79 Å². The van der Waals surface area contributed by atoms with Crippen LogP contribution in [-0.2, 0) is 9.53 Å². The van der Waals surface area contributed by atoms with E-state index in [2.05, 4.69) is 15.4 Å². The summed E-state index contributed by atoms with van der Waals surface area (Å²) in [6, 6.07) is 10.6. The van der Waals surface area contributed by atoms with Gasteiger partial charge in [0.05, 0.1) is 22.6 Å². The fourth-order valence-corrected chi connectivity index (χ4v) is 2.72. The summed E-state index contributed by atoms with van der Waals surface area (Å²) < 4.78 is 6.62. The number of aromatic nitrogens is 3.